The molecule has 0 aliphatic heterocycles. The topological polar surface area (TPSA) is 26.3 Å². The molecular weight excluding hydrogens is 607 g/mol. The maximum absolute atomic E-state index is 14.3. The first kappa shape index (κ1) is 35.3. The molecule has 0 aliphatic carbocycles. The van der Waals surface area contributed by atoms with Gasteiger partial charge in [-0.15, -0.1) is 0 Å². The minimum atomic E-state index is -8.68. The van der Waals surface area contributed by atoms with E-state index in [1.807, 2.05) is 0 Å². The van der Waals surface area contributed by atoms with Crippen molar-refractivity contribution in [3.8, 4) is 0 Å². The Bertz CT molecular complexity index is 1090. The van der Waals surface area contributed by atoms with E-state index in [2.05, 4.69) is 0 Å². The van der Waals surface area contributed by atoms with Gasteiger partial charge in [-0.3, -0.25) is 0 Å². The standard InChI is InChI=1S/C21H15F17O2/c1-13(2,3)40-12(39)9-6-10-4-7-11(8-5-10)14(22,23)15(24,25)16(26,27)17(28,29)18(30,31)19(32,33)20(34,35)21(36,37)38/h4-9H,1-3H3/b9-6+. The lowest BCUT2D eigenvalue weighted by molar-refractivity contribution is -0.462. The molecule has 1 aromatic rings. The smallest absolute Gasteiger partial charge is 0.457 e. The molecule has 0 heterocycles. The zero-order valence-electron chi connectivity index (χ0n) is 19.7. The molecule has 0 bridgehead atoms. The Kier molecular flexibility index (Phi) is 8.78. The van der Waals surface area contributed by atoms with Gasteiger partial charge in [0, 0.05) is 11.6 Å². The van der Waals surface area contributed by atoms with Crippen molar-refractivity contribution >= 4 is 12.0 Å². The van der Waals surface area contributed by atoms with Gasteiger partial charge >= 0.3 is 53.6 Å². The van der Waals surface area contributed by atoms with Crippen molar-refractivity contribution in [2.24, 2.45) is 0 Å². The highest BCUT2D eigenvalue weighted by molar-refractivity contribution is 5.87. The molecule has 2 nitrogen and oxygen atoms in total. The van der Waals surface area contributed by atoms with Crippen molar-refractivity contribution in [1.29, 1.82) is 0 Å². The van der Waals surface area contributed by atoms with E-state index in [-0.39, 0.29) is 17.7 Å². The minimum Gasteiger partial charge on any atom is -0.457 e. The zero-order valence-corrected chi connectivity index (χ0v) is 19.7. The van der Waals surface area contributed by atoms with E-state index in [0.29, 0.717) is 18.2 Å². The molecule has 1 rings (SSSR count). The van der Waals surface area contributed by atoms with E-state index in [1.54, 1.807) is 0 Å². The van der Waals surface area contributed by atoms with E-state index >= 15 is 0 Å². The number of alkyl halides is 17. The van der Waals surface area contributed by atoms with Crippen LogP contribution in [-0.2, 0) is 15.5 Å². The lowest BCUT2D eigenvalue weighted by atomic mass is 9.87. The lowest BCUT2D eigenvalue weighted by Crippen LogP contribution is -2.74. The SMILES string of the molecule is CC(C)(C)OC(=O)/C=C/c1ccc(C(F)(F)C(F)(F)C(F)(F)C(F)(F)C(F)(F)C(F)(F)C(F)(F)C(F)(F)F)cc1. The molecule has 0 unspecified atom stereocenters. The Hall–Kier alpha value is -2.76. The number of ether oxygens (including phenoxy) is 1. The fraction of sp³-hybridized carbons (Fsp3) is 0.571. The van der Waals surface area contributed by atoms with Crippen molar-refractivity contribution in [2.45, 2.75) is 74.0 Å². The molecule has 0 saturated heterocycles. The van der Waals surface area contributed by atoms with Crippen LogP contribution in [0.3, 0.4) is 0 Å². The van der Waals surface area contributed by atoms with Gasteiger partial charge in [-0.05, 0) is 32.4 Å². The molecule has 0 amide bonds. The van der Waals surface area contributed by atoms with E-state index < -0.39 is 64.8 Å². The highest BCUT2D eigenvalue weighted by Gasteiger charge is 2.95. The van der Waals surface area contributed by atoms with Gasteiger partial charge in [-0.2, -0.15) is 74.6 Å². The number of halogens is 17. The summed E-state index contributed by atoms with van der Waals surface area (Å²) in [5.41, 5.74) is -3.68. The molecule has 0 atom stereocenters. The van der Waals surface area contributed by atoms with Crippen molar-refractivity contribution in [2.75, 3.05) is 0 Å². The molecule has 1 aromatic carbocycles. The molecule has 0 N–H and O–H groups in total. The Balaban J connectivity index is 3.51. The van der Waals surface area contributed by atoms with Gasteiger partial charge in [0.25, 0.3) is 0 Å². The minimum absolute atomic E-state index is 0.179. The average molecular weight is 622 g/mol. The number of carbonyl (C=O) groups excluding carboxylic acids is 1. The highest BCUT2D eigenvalue weighted by atomic mass is 19.4. The van der Waals surface area contributed by atoms with Gasteiger partial charge < -0.3 is 4.74 Å². The largest absolute Gasteiger partial charge is 0.460 e. The van der Waals surface area contributed by atoms with E-state index in [0.717, 1.165) is 6.08 Å². The second kappa shape index (κ2) is 9.95. The van der Waals surface area contributed by atoms with E-state index in [1.165, 1.54) is 20.8 Å². The van der Waals surface area contributed by atoms with Gasteiger partial charge in [0.1, 0.15) is 5.60 Å². The van der Waals surface area contributed by atoms with Gasteiger partial charge in [0.2, 0.25) is 0 Å². The molecule has 230 valence electrons. The number of hydrogen-bond acceptors (Lipinski definition) is 2. The molecule has 0 saturated carbocycles. The number of esters is 1. The number of hydrogen-bond donors (Lipinski definition) is 0. The summed E-state index contributed by atoms with van der Waals surface area (Å²) in [5.74, 6) is -58.0. The summed E-state index contributed by atoms with van der Waals surface area (Å²) >= 11 is 0. The van der Waals surface area contributed by atoms with Gasteiger partial charge in [-0.25, -0.2) is 4.79 Å². The molecule has 19 heteroatoms. The van der Waals surface area contributed by atoms with Crippen LogP contribution in [0.5, 0.6) is 0 Å². The Morgan fingerprint density at radius 2 is 0.925 bits per heavy atom. The van der Waals surface area contributed by atoms with Gasteiger partial charge in [0.15, 0.2) is 0 Å². The Morgan fingerprint density at radius 3 is 1.27 bits per heavy atom. The highest BCUT2D eigenvalue weighted by Crippen LogP contribution is 2.65. The van der Waals surface area contributed by atoms with Gasteiger partial charge in [-0.1, -0.05) is 24.3 Å². The third-order valence-corrected chi connectivity index (χ3v) is 4.81. The lowest BCUT2D eigenvalue weighted by Gasteiger charge is -2.42. The van der Waals surface area contributed by atoms with Crippen molar-refractivity contribution < 1.29 is 84.2 Å². The van der Waals surface area contributed by atoms with Crippen molar-refractivity contribution in [1.82, 2.24) is 0 Å². The summed E-state index contributed by atoms with van der Waals surface area (Å²) in [5, 5.41) is 0. The summed E-state index contributed by atoms with van der Waals surface area (Å²) in [6.07, 6.45) is -6.35. The number of rotatable bonds is 9. The Labute approximate surface area is 212 Å². The third kappa shape index (κ3) is 5.56. The molecule has 0 aromatic heterocycles. The fourth-order valence-electron chi connectivity index (χ4n) is 2.65. The average Bonchev–Trinajstić information content (AvgIpc) is 2.75. The van der Waals surface area contributed by atoms with Crippen molar-refractivity contribution in [3.63, 3.8) is 0 Å². The van der Waals surface area contributed by atoms with Gasteiger partial charge in [0.05, 0.1) is 0 Å². The van der Waals surface area contributed by atoms with Crippen LogP contribution in [0.2, 0.25) is 0 Å². The van der Waals surface area contributed by atoms with Crippen LogP contribution in [0.15, 0.2) is 30.3 Å². The molecule has 0 spiro atoms. The number of carbonyl (C=O) groups is 1. The zero-order chi connectivity index (χ0) is 32.2. The summed E-state index contributed by atoms with van der Waals surface area (Å²) in [4.78, 5) is 11.6. The van der Waals surface area contributed by atoms with E-state index in [9.17, 15) is 79.4 Å². The second-order valence-corrected chi connectivity index (χ2v) is 9.01. The van der Waals surface area contributed by atoms with Crippen LogP contribution < -0.4 is 0 Å². The molecule has 0 fully saturated rings. The monoisotopic (exact) mass is 622 g/mol. The first-order valence-electron chi connectivity index (χ1n) is 10.1. The van der Waals surface area contributed by atoms with Crippen LogP contribution in [-0.4, -0.2) is 53.3 Å². The molecule has 0 aliphatic rings. The van der Waals surface area contributed by atoms with Crippen LogP contribution >= 0.6 is 0 Å². The quantitative estimate of drug-likeness (QED) is 0.157. The van der Waals surface area contributed by atoms with Crippen LogP contribution in [0.25, 0.3) is 6.08 Å². The first-order chi connectivity index (χ1) is 17.3. The van der Waals surface area contributed by atoms with Crippen molar-refractivity contribution in [3.05, 3.63) is 41.5 Å². The predicted octanol–water partition coefficient (Wildman–Crippen LogP) is 8.51. The summed E-state index contributed by atoms with van der Waals surface area (Å²) in [6.45, 7) is 4.32. The summed E-state index contributed by atoms with van der Waals surface area (Å²) in [6, 6.07) is 0.398. The predicted molar refractivity (Wildman–Crippen MR) is 101 cm³/mol. The van der Waals surface area contributed by atoms with Crippen LogP contribution in [0.1, 0.15) is 31.9 Å². The Morgan fingerprint density at radius 1 is 0.575 bits per heavy atom. The second-order valence-electron chi connectivity index (χ2n) is 9.01. The molecule has 0 radical (unpaired) electrons. The van der Waals surface area contributed by atoms with Crippen LogP contribution in [0.4, 0.5) is 74.6 Å². The maximum Gasteiger partial charge on any atom is 0.460 e. The third-order valence-electron chi connectivity index (χ3n) is 4.81. The summed E-state index contributed by atoms with van der Waals surface area (Å²) < 4.78 is 232. The molecule has 40 heavy (non-hydrogen) atoms. The van der Waals surface area contributed by atoms with E-state index in [4.69, 9.17) is 4.74 Å². The van der Waals surface area contributed by atoms with Crippen LogP contribution in [0, 0.1) is 0 Å². The maximum atomic E-state index is 14.3. The first-order valence-corrected chi connectivity index (χ1v) is 10.1. The summed E-state index contributed by atoms with van der Waals surface area (Å²) in [7, 11) is 0. The fourth-order valence-corrected chi connectivity index (χ4v) is 2.65. The normalized spacial score (nSPS) is 15.5. The molecular formula is C21H15F17O2. The number of benzene rings is 1.